The zero-order chi connectivity index (χ0) is 15.1. The van der Waals surface area contributed by atoms with Gasteiger partial charge < -0.3 is 9.73 Å². The number of rotatable bonds is 8. The molecule has 1 N–H and O–H groups in total. The molecule has 0 bridgehead atoms. The van der Waals surface area contributed by atoms with E-state index in [9.17, 15) is 0 Å². The summed E-state index contributed by atoms with van der Waals surface area (Å²) in [6.45, 7) is 8.48. The normalized spacial score (nSPS) is 11.1. The van der Waals surface area contributed by atoms with Crippen LogP contribution in [0.2, 0.25) is 0 Å². The molecule has 0 aliphatic rings. The van der Waals surface area contributed by atoms with E-state index in [1.165, 1.54) is 10.9 Å². The van der Waals surface area contributed by atoms with Gasteiger partial charge in [0.05, 0.1) is 13.1 Å². The van der Waals surface area contributed by atoms with E-state index in [0.717, 1.165) is 43.9 Å². The minimum absolute atomic E-state index is 0.658. The van der Waals surface area contributed by atoms with Gasteiger partial charge in [0, 0.05) is 17.5 Å². The molecule has 0 saturated heterocycles. The summed E-state index contributed by atoms with van der Waals surface area (Å²) in [7, 11) is 0. The van der Waals surface area contributed by atoms with Crippen molar-refractivity contribution in [2.24, 2.45) is 0 Å². The van der Waals surface area contributed by atoms with Gasteiger partial charge in [-0.2, -0.15) is 0 Å². The Morgan fingerprint density at radius 1 is 1.29 bits per heavy atom. The van der Waals surface area contributed by atoms with Crippen LogP contribution in [-0.2, 0) is 13.1 Å². The zero-order valence-corrected chi connectivity index (χ0v) is 13.0. The van der Waals surface area contributed by atoms with Crippen LogP contribution in [0.25, 0.3) is 11.0 Å². The highest BCUT2D eigenvalue weighted by atomic mass is 16.3. The zero-order valence-electron chi connectivity index (χ0n) is 13.0. The fraction of sp³-hybridized carbons (Fsp3) is 0.444. The minimum atomic E-state index is 0.658. The van der Waals surface area contributed by atoms with Gasteiger partial charge >= 0.3 is 0 Å². The third kappa shape index (κ3) is 3.87. The van der Waals surface area contributed by atoms with Gasteiger partial charge in [-0.3, -0.25) is 4.90 Å². The smallest absolute Gasteiger partial charge is 0.134 e. The van der Waals surface area contributed by atoms with Crippen LogP contribution < -0.4 is 5.32 Å². The fourth-order valence-corrected chi connectivity index (χ4v) is 2.58. The Bertz CT molecular complexity index is 609. The molecular weight excluding hydrogens is 260 g/mol. The first kappa shape index (κ1) is 15.6. The number of benzene rings is 1. The van der Waals surface area contributed by atoms with Crippen molar-refractivity contribution in [3.05, 3.63) is 35.6 Å². The standard InChI is InChI=1S/C18H24N2O/c1-4-11-20(12-5-2)14-18-16(13-19-6-3)15-9-7-8-10-17(15)21-18/h1,7-10,19H,5-6,11-14H2,2-3H3. The number of hydrogen-bond acceptors (Lipinski definition) is 3. The molecule has 1 heterocycles. The minimum Gasteiger partial charge on any atom is -0.459 e. The molecule has 1 aromatic carbocycles. The number of terminal acetylenes is 1. The summed E-state index contributed by atoms with van der Waals surface area (Å²) < 4.78 is 6.07. The second-order valence-electron chi connectivity index (χ2n) is 5.20. The lowest BCUT2D eigenvalue weighted by Crippen LogP contribution is -2.25. The lowest BCUT2D eigenvalue weighted by molar-refractivity contribution is 0.274. The molecule has 3 nitrogen and oxygen atoms in total. The lowest BCUT2D eigenvalue weighted by atomic mass is 10.1. The SMILES string of the molecule is C#CCN(CCC)Cc1oc2ccccc2c1CNCC. The van der Waals surface area contributed by atoms with Crippen LogP contribution in [0.3, 0.4) is 0 Å². The molecule has 112 valence electrons. The van der Waals surface area contributed by atoms with Gasteiger partial charge in [0.25, 0.3) is 0 Å². The number of hydrogen-bond donors (Lipinski definition) is 1. The van der Waals surface area contributed by atoms with E-state index in [0.29, 0.717) is 6.54 Å². The van der Waals surface area contributed by atoms with Crippen LogP contribution in [0.5, 0.6) is 0 Å². The van der Waals surface area contributed by atoms with Crippen LogP contribution >= 0.6 is 0 Å². The van der Waals surface area contributed by atoms with E-state index >= 15 is 0 Å². The number of nitrogens with zero attached hydrogens (tertiary/aromatic N) is 1. The molecule has 0 amide bonds. The van der Waals surface area contributed by atoms with Crippen molar-refractivity contribution in [1.82, 2.24) is 10.2 Å². The van der Waals surface area contributed by atoms with Crippen molar-refractivity contribution in [1.29, 1.82) is 0 Å². The van der Waals surface area contributed by atoms with Gasteiger partial charge in [-0.15, -0.1) is 6.42 Å². The molecule has 2 rings (SSSR count). The Kier molecular flexibility index (Phi) is 5.86. The fourth-order valence-electron chi connectivity index (χ4n) is 2.58. The summed E-state index contributed by atoms with van der Waals surface area (Å²) >= 11 is 0. The van der Waals surface area contributed by atoms with E-state index in [1.807, 2.05) is 12.1 Å². The van der Waals surface area contributed by atoms with Crippen LogP contribution in [-0.4, -0.2) is 24.5 Å². The predicted octanol–water partition coefficient (Wildman–Crippen LogP) is 3.39. The summed E-state index contributed by atoms with van der Waals surface area (Å²) in [5.74, 6) is 3.77. The molecule has 1 aromatic heterocycles. The molecule has 3 heteroatoms. The molecule has 0 spiro atoms. The number of furan rings is 1. The summed E-state index contributed by atoms with van der Waals surface area (Å²) in [4.78, 5) is 2.26. The van der Waals surface area contributed by atoms with E-state index in [2.05, 4.69) is 42.1 Å². The van der Waals surface area contributed by atoms with Crippen LogP contribution in [0.1, 0.15) is 31.6 Å². The lowest BCUT2D eigenvalue weighted by Gasteiger charge is -2.18. The molecular formula is C18H24N2O. The maximum absolute atomic E-state index is 6.07. The molecule has 0 aliphatic carbocycles. The number of fused-ring (bicyclic) bond motifs is 1. The first-order valence-electron chi connectivity index (χ1n) is 7.65. The Morgan fingerprint density at radius 3 is 2.81 bits per heavy atom. The molecule has 21 heavy (non-hydrogen) atoms. The highest BCUT2D eigenvalue weighted by Gasteiger charge is 2.15. The van der Waals surface area contributed by atoms with Crippen molar-refractivity contribution >= 4 is 11.0 Å². The van der Waals surface area contributed by atoms with Gasteiger partial charge in [-0.05, 0) is 25.6 Å². The molecule has 0 saturated carbocycles. The van der Waals surface area contributed by atoms with Crippen LogP contribution in [0, 0.1) is 12.3 Å². The largest absolute Gasteiger partial charge is 0.459 e. The molecule has 0 fully saturated rings. The Morgan fingerprint density at radius 2 is 2.10 bits per heavy atom. The first-order chi connectivity index (χ1) is 10.3. The van der Waals surface area contributed by atoms with Gasteiger partial charge in [0.15, 0.2) is 0 Å². The molecule has 0 unspecified atom stereocenters. The molecule has 0 aliphatic heterocycles. The van der Waals surface area contributed by atoms with E-state index in [-0.39, 0.29) is 0 Å². The molecule has 0 radical (unpaired) electrons. The van der Waals surface area contributed by atoms with Crippen molar-refractivity contribution < 1.29 is 4.42 Å². The van der Waals surface area contributed by atoms with Crippen LogP contribution in [0.15, 0.2) is 28.7 Å². The topological polar surface area (TPSA) is 28.4 Å². The first-order valence-corrected chi connectivity index (χ1v) is 7.65. The highest BCUT2D eigenvalue weighted by molar-refractivity contribution is 5.82. The van der Waals surface area contributed by atoms with Gasteiger partial charge in [0.1, 0.15) is 11.3 Å². The van der Waals surface area contributed by atoms with Gasteiger partial charge in [0.2, 0.25) is 0 Å². The maximum Gasteiger partial charge on any atom is 0.134 e. The molecule has 2 aromatic rings. The third-order valence-corrected chi connectivity index (χ3v) is 3.56. The Labute approximate surface area is 127 Å². The summed E-state index contributed by atoms with van der Waals surface area (Å²) in [5.41, 5.74) is 2.21. The average molecular weight is 284 g/mol. The maximum atomic E-state index is 6.07. The monoisotopic (exact) mass is 284 g/mol. The van der Waals surface area contributed by atoms with E-state index < -0.39 is 0 Å². The summed E-state index contributed by atoms with van der Waals surface area (Å²) in [5, 5.41) is 4.60. The Balaban J connectivity index is 2.30. The number of nitrogens with one attached hydrogen (secondary N) is 1. The number of para-hydroxylation sites is 1. The van der Waals surface area contributed by atoms with Crippen LogP contribution in [0.4, 0.5) is 0 Å². The second-order valence-corrected chi connectivity index (χ2v) is 5.20. The third-order valence-electron chi connectivity index (χ3n) is 3.56. The predicted molar refractivity (Wildman–Crippen MR) is 88.0 cm³/mol. The Hall–Kier alpha value is -1.76. The highest BCUT2D eigenvalue weighted by Crippen LogP contribution is 2.27. The second kappa shape index (κ2) is 7.87. The van der Waals surface area contributed by atoms with E-state index in [1.54, 1.807) is 0 Å². The van der Waals surface area contributed by atoms with Gasteiger partial charge in [-0.1, -0.05) is 38.0 Å². The van der Waals surface area contributed by atoms with Crippen molar-refractivity contribution in [2.75, 3.05) is 19.6 Å². The van der Waals surface area contributed by atoms with Gasteiger partial charge in [-0.25, -0.2) is 0 Å². The van der Waals surface area contributed by atoms with E-state index in [4.69, 9.17) is 10.8 Å². The molecule has 0 atom stereocenters. The van der Waals surface area contributed by atoms with Crippen molar-refractivity contribution in [3.8, 4) is 12.3 Å². The van der Waals surface area contributed by atoms with Crippen molar-refractivity contribution in [2.45, 2.75) is 33.4 Å². The average Bonchev–Trinajstić information content (AvgIpc) is 2.83. The summed E-state index contributed by atoms with van der Waals surface area (Å²) in [6.07, 6.45) is 6.56. The quantitative estimate of drug-likeness (QED) is 0.753. The summed E-state index contributed by atoms with van der Waals surface area (Å²) in [6, 6.07) is 8.22. The van der Waals surface area contributed by atoms with Crippen molar-refractivity contribution in [3.63, 3.8) is 0 Å².